The predicted molar refractivity (Wildman–Crippen MR) is 53.0 cm³/mol. The van der Waals surface area contributed by atoms with Gasteiger partial charge in [0.25, 0.3) is 5.56 Å². The first-order chi connectivity index (χ1) is 7.61. The molecule has 0 aromatic carbocycles. The first-order valence-corrected chi connectivity index (χ1v) is 4.88. The van der Waals surface area contributed by atoms with Gasteiger partial charge in [0.15, 0.2) is 0 Å². The average Bonchev–Trinajstić information content (AvgIpc) is 2.59. The van der Waals surface area contributed by atoms with Gasteiger partial charge in [0.2, 0.25) is 0 Å². The van der Waals surface area contributed by atoms with Crippen molar-refractivity contribution in [1.82, 2.24) is 9.97 Å². The van der Waals surface area contributed by atoms with Crippen LogP contribution in [0.15, 0.2) is 15.8 Å². The number of aliphatic hydroxyl groups excluding tert-OH is 2. The molecule has 0 spiro atoms. The zero-order valence-corrected chi connectivity index (χ0v) is 8.34. The van der Waals surface area contributed by atoms with Gasteiger partial charge in [-0.25, -0.2) is 4.79 Å². The zero-order valence-electron chi connectivity index (χ0n) is 8.34. The summed E-state index contributed by atoms with van der Waals surface area (Å²) in [4.78, 5) is 26.6. The molecule has 0 saturated carbocycles. The molecule has 88 valence electrons. The van der Waals surface area contributed by atoms with Crippen molar-refractivity contribution >= 4 is 0 Å². The molecule has 1 fully saturated rings. The molecule has 1 aromatic heterocycles. The second kappa shape index (κ2) is 4.20. The van der Waals surface area contributed by atoms with Gasteiger partial charge in [0.05, 0.1) is 24.4 Å². The van der Waals surface area contributed by atoms with E-state index in [4.69, 9.17) is 9.84 Å². The Morgan fingerprint density at radius 2 is 2.25 bits per heavy atom. The fourth-order valence-electron chi connectivity index (χ4n) is 1.75. The molecule has 1 aliphatic heterocycles. The van der Waals surface area contributed by atoms with Gasteiger partial charge in [-0.3, -0.25) is 9.78 Å². The quantitative estimate of drug-likeness (QED) is 0.479. The number of aromatic nitrogens is 2. The van der Waals surface area contributed by atoms with Crippen molar-refractivity contribution in [2.24, 2.45) is 0 Å². The lowest BCUT2D eigenvalue weighted by Gasteiger charge is -2.10. The maximum Gasteiger partial charge on any atom is 0.325 e. The number of ether oxygens (including phenoxy) is 1. The lowest BCUT2D eigenvalue weighted by molar-refractivity contribution is -0.0229. The van der Waals surface area contributed by atoms with Gasteiger partial charge in [-0.15, -0.1) is 0 Å². The third-order valence-corrected chi connectivity index (χ3v) is 2.60. The number of hydrogen-bond acceptors (Lipinski definition) is 5. The van der Waals surface area contributed by atoms with Crippen LogP contribution < -0.4 is 11.2 Å². The number of aromatic amines is 2. The fourth-order valence-corrected chi connectivity index (χ4v) is 1.75. The Morgan fingerprint density at radius 3 is 2.81 bits per heavy atom. The van der Waals surface area contributed by atoms with Crippen LogP contribution in [0, 0.1) is 0 Å². The fraction of sp³-hybridized carbons (Fsp3) is 0.556. The number of aliphatic hydroxyl groups is 2. The molecule has 7 heteroatoms. The van der Waals surface area contributed by atoms with E-state index < -0.39 is 29.6 Å². The van der Waals surface area contributed by atoms with Crippen molar-refractivity contribution in [2.75, 3.05) is 6.61 Å². The largest absolute Gasteiger partial charge is 0.394 e. The molecule has 0 aliphatic carbocycles. The molecule has 0 amide bonds. The predicted octanol–water partition coefficient (Wildman–Crippen LogP) is -1.75. The minimum Gasteiger partial charge on any atom is -0.394 e. The summed E-state index contributed by atoms with van der Waals surface area (Å²) in [6.07, 6.45) is -0.607. The summed E-state index contributed by atoms with van der Waals surface area (Å²) >= 11 is 0. The molecule has 7 nitrogen and oxygen atoms in total. The molecule has 1 aromatic rings. The van der Waals surface area contributed by atoms with Crippen LogP contribution in [0.5, 0.6) is 0 Å². The Bertz CT molecular complexity index is 479. The molecule has 2 unspecified atom stereocenters. The van der Waals surface area contributed by atoms with Gasteiger partial charge < -0.3 is 19.9 Å². The molecule has 3 atom stereocenters. The van der Waals surface area contributed by atoms with Crippen LogP contribution in [-0.2, 0) is 4.74 Å². The summed E-state index contributed by atoms with van der Waals surface area (Å²) in [7, 11) is 0. The second-order valence-corrected chi connectivity index (χ2v) is 3.68. The highest BCUT2D eigenvalue weighted by atomic mass is 16.5. The summed E-state index contributed by atoms with van der Waals surface area (Å²) < 4.78 is 5.29. The molecular formula is C9H12N2O5. The zero-order chi connectivity index (χ0) is 11.7. The van der Waals surface area contributed by atoms with Gasteiger partial charge in [0, 0.05) is 12.6 Å². The monoisotopic (exact) mass is 228 g/mol. The van der Waals surface area contributed by atoms with Crippen LogP contribution in [0.4, 0.5) is 0 Å². The molecular weight excluding hydrogens is 216 g/mol. The highest BCUT2D eigenvalue weighted by Gasteiger charge is 2.35. The van der Waals surface area contributed by atoms with E-state index in [9.17, 15) is 14.7 Å². The number of rotatable bonds is 2. The smallest absolute Gasteiger partial charge is 0.325 e. The van der Waals surface area contributed by atoms with E-state index in [0.717, 1.165) is 0 Å². The highest BCUT2D eigenvalue weighted by Crippen LogP contribution is 2.30. The first-order valence-electron chi connectivity index (χ1n) is 4.88. The van der Waals surface area contributed by atoms with E-state index in [1.54, 1.807) is 0 Å². The normalized spacial score (nSPS) is 29.5. The van der Waals surface area contributed by atoms with Gasteiger partial charge in [-0.1, -0.05) is 0 Å². The molecule has 16 heavy (non-hydrogen) atoms. The maximum atomic E-state index is 11.4. The van der Waals surface area contributed by atoms with Crippen molar-refractivity contribution in [2.45, 2.75) is 24.7 Å². The average molecular weight is 228 g/mol. The van der Waals surface area contributed by atoms with Crippen molar-refractivity contribution in [3.63, 3.8) is 0 Å². The van der Waals surface area contributed by atoms with Crippen LogP contribution in [0.2, 0.25) is 0 Å². The lowest BCUT2D eigenvalue weighted by Crippen LogP contribution is -2.26. The van der Waals surface area contributed by atoms with Crippen LogP contribution in [-0.4, -0.2) is 39.0 Å². The van der Waals surface area contributed by atoms with Crippen LogP contribution >= 0.6 is 0 Å². The Labute approximate surface area is 89.7 Å². The summed E-state index contributed by atoms with van der Waals surface area (Å²) in [6.45, 7) is -0.307. The Morgan fingerprint density at radius 1 is 1.50 bits per heavy atom. The SMILES string of the molecule is O=c1[nH]cc(C2C[C@@H](O)C(CO)O2)c(=O)[nH]1. The first kappa shape index (κ1) is 11.1. The summed E-state index contributed by atoms with van der Waals surface area (Å²) in [5.41, 5.74) is -0.889. The van der Waals surface area contributed by atoms with Crippen molar-refractivity contribution in [3.05, 3.63) is 32.6 Å². The summed E-state index contributed by atoms with van der Waals surface area (Å²) in [6, 6.07) is 0. The van der Waals surface area contributed by atoms with Gasteiger partial charge >= 0.3 is 5.69 Å². The molecule has 4 N–H and O–H groups in total. The minimum atomic E-state index is -0.804. The van der Waals surface area contributed by atoms with Crippen LogP contribution in [0.1, 0.15) is 18.1 Å². The van der Waals surface area contributed by atoms with Gasteiger partial charge in [0.1, 0.15) is 6.10 Å². The number of nitrogens with one attached hydrogen (secondary N) is 2. The van der Waals surface area contributed by atoms with E-state index in [0.29, 0.717) is 0 Å². The Kier molecular flexibility index (Phi) is 2.90. The van der Waals surface area contributed by atoms with E-state index in [1.807, 2.05) is 0 Å². The molecule has 1 saturated heterocycles. The Hall–Kier alpha value is -1.44. The van der Waals surface area contributed by atoms with E-state index in [2.05, 4.69) is 9.97 Å². The third-order valence-electron chi connectivity index (χ3n) is 2.60. The van der Waals surface area contributed by atoms with Crippen LogP contribution in [0.3, 0.4) is 0 Å². The second-order valence-electron chi connectivity index (χ2n) is 3.68. The van der Waals surface area contributed by atoms with Gasteiger partial charge in [-0.2, -0.15) is 0 Å². The summed E-state index contributed by atoms with van der Waals surface area (Å²) in [5, 5.41) is 18.4. The van der Waals surface area contributed by atoms with E-state index >= 15 is 0 Å². The topological polar surface area (TPSA) is 115 Å². The molecule has 1 aliphatic rings. The molecule has 2 heterocycles. The molecule has 0 radical (unpaired) electrons. The van der Waals surface area contributed by atoms with Crippen molar-refractivity contribution in [3.8, 4) is 0 Å². The van der Waals surface area contributed by atoms with Crippen molar-refractivity contribution < 1.29 is 14.9 Å². The third kappa shape index (κ3) is 1.92. The Balaban J connectivity index is 2.27. The highest BCUT2D eigenvalue weighted by molar-refractivity contribution is 5.10. The molecule has 0 bridgehead atoms. The lowest BCUT2D eigenvalue weighted by atomic mass is 10.1. The minimum absolute atomic E-state index is 0.223. The molecule has 2 rings (SSSR count). The number of hydrogen-bond donors (Lipinski definition) is 4. The van der Waals surface area contributed by atoms with Crippen molar-refractivity contribution in [1.29, 1.82) is 0 Å². The number of H-pyrrole nitrogens is 2. The van der Waals surface area contributed by atoms with E-state index in [-0.39, 0.29) is 18.6 Å². The van der Waals surface area contributed by atoms with Crippen LogP contribution in [0.25, 0.3) is 0 Å². The van der Waals surface area contributed by atoms with Gasteiger partial charge in [-0.05, 0) is 0 Å². The van der Waals surface area contributed by atoms with E-state index in [1.165, 1.54) is 6.20 Å². The standard InChI is InChI=1S/C9H12N2O5/c12-3-7-5(13)1-6(16-7)4-2-10-9(15)11-8(4)14/h2,5-7,12-13H,1,3H2,(H2,10,11,14,15)/t5-,6?,7?/m1/s1. The maximum absolute atomic E-state index is 11.4. The summed E-state index contributed by atoms with van der Waals surface area (Å²) in [5.74, 6) is 0.